The summed E-state index contributed by atoms with van der Waals surface area (Å²) in [4.78, 5) is 24.7. The summed E-state index contributed by atoms with van der Waals surface area (Å²) in [6.07, 6.45) is 4.11. The Hall–Kier alpha value is -1.88. The third-order valence-electron chi connectivity index (χ3n) is 4.60. The Kier molecular flexibility index (Phi) is 3.45. The van der Waals surface area contributed by atoms with E-state index in [0.717, 1.165) is 23.8 Å². The van der Waals surface area contributed by atoms with Crippen molar-refractivity contribution in [2.24, 2.45) is 5.92 Å². The van der Waals surface area contributed by atoms with Crippen molar-refractivity contribution in [3.05, 3.63) is 34.8 Å². The molecule has 0 bridgehead atoms. The molecule has 0 aliphatic heterocycles. The van der Waals surface area contributed by atoms with Crippen LogP contribution in [0.25, 0.3) is 11.1 Å². The van der Waals surface area contributed by atoms with Gasteiger partial charge < -0.3 is 9.52 Å². The fourth-order valence-electron chi connectivity index (χ4n) is 3.20. The van der Waals surface area contributed by atoms with E-state index in [2.05, 4.69) is 0 Å². The zero-order chi connectivity index (χ0) is 15.0. The van der Waals surface area contributed by atoms with Crippen molar-refractivity contribution in [2.75, 3.05) is 0 Å². The lowest BCUT2D eigenvalue weighted by molar-refractivity contribution is -0.0361. The van der Waals surface area contributed by atoms with Crippen molar-refractivity contribution in [2.45, 2.75) is 44.6 Å². The first-order chi connectivity index (χ1) is 10.0. The van der Waals surface area contributed by atoms with Crippen LogP contribution in [0.5, 0.6) is 0 Å². The van der Waals surface area contributed by atoms with E-state index >= 15 is 0 Å². The fraction of sp³-hybridized carbons (Fsp3) is 0.500. The maximum atomic E-state index is 12.7. The molecule has 5 heteroatoms. The first-order valence-electron chi connectivity index (χ1n) is 7.40. The average molecular weight is 289 g/mol. The quantitative estimate of drug-likeness (QED) is 0.922. The topological polar surface area (TPSA) is 72.4 Å². The number of rotatable bonds is 2. The second kappa shape index (κ2) is 5.15. The SMILES string of the molecule is CC(C(=O)n1c(=O)oc2ccccc21)C1(O)CCCCC1. The van der Waals surface area contributed by atoms with Crippen molar-refractivity contribution in [3.8, 4) is 0 Å². The minimum absolute atomic E-state index is 0.388. The maximum absolute atomic E-state index is 12.7. The van der Waals surface area contributed by atoms with Crippen molar-refractivity contribution in [1.82, 2.24) is 4.57 Å². The lowest BCUT2D eigenvalue weighted by atomic mass is 9.76. The molecule has 1 aliphatic rings. The van der Waals surface area contributed by atoms with Crippen LogP contribution < -0.4 is 5.76 Å². The predicted octanol–water partition coefficient (Wildman–Crippen LogP) is 2.57. The molecule has 5 nitrogen and oxygen atoms in total. The van der Waals surface area contributed by atoms with Gasteiger partial charge in [-0.1, -0.05) is 38.3 Å². The van der Waals surface area contributed by atoms with Crippen molar-refractivity contribution >= 4 is 17.0 Å². The number of benzene rings is 1. The number of carbonyl (C=O) groups excluding carboxylic acids is 1. The van der Waals surface area contributed by atoms with Crippen molar-refractivity contribution in [1.29, 1.82) is 0 Å². The van der Waals surface area contributed by atoms with Crippen LogP contribution in [0.4, 0.5) is 0 Å². The Balaban J connectivity index is 2.00. The molecular weight excluding hydrogens is 270 g/mol. The lowest BCUT2D eigenvalue weighted by Gasteiger charge is -2.36. The van der Waals surface area contributed by atoms with E-state index < -0.39 is 23.2 Å². The smallest absolute Gasteiger partial charge is 0.407 e. The summed E-state index contributed by atoms with van der Waals surface area (Å²) in [5.41, 5.74) is -0.176. The van der Waals surface area contributed by atoms with Gasteiger partial charge in [0.1, 0.15) is 0 Å². The molecule has 1 unspecified atom stereocenters. The van der Waals surface area contributed by atoms with Crippen molar-refractivity contribution in [3.63, 3.8) is 0 Å². The van der Waals surface area contributed by atoms with Gasteiger partial charge in [-0.25, -0.2) is 9.36 Å². The summed E-state index contributed by atoms with van der Waals surface area (Å²) in [6, 6.07) is 6.83. The molecule has 0 spiro atoms. The van der Waals surface area contributed by atoms with Crippen LogP contribution in [0.15, 0.2) is 33.5 Å². The highest BCUT2D eigenvalue weighted by atomic mass is 16.4. The molecular formula is C16H19NO4. The second-order valence-corrected chi connectivity index (χ2v) is 5.90. The largest absolute Gasteiger partial charge is 0.426 e. The molecule has 1 aromatic carbocycles. The first kappa shape index (κ1) is 14.1. The molecule has 1 N–H and O–H groups in total. The molecule has 0 radical (unpaired) electrons. The molecule has 1 saturated carbocycles. The zero-order valence-corrected chi connectivity index (χ0v) is 12.0. The number of fused-ring (bicyclic) bond motifs is 1. The van der Waals surface area contributed by atoms with Gasteiger partial charge in [0.15, 0.2) is 5.58 Å². The predicted molar refractivity (Wildman–Crippen MR) is 78.3 cm³/mol. The average Bonchev–Trinajstić information content (AvgIpc) is 2.82. The number of aromatic nitrogens is 1. The van der Waals surface area contributed by atoms with Crippen LogP contribution in [0.2, 0.25) is 0 Å². The summed E-state index contributed by atoms with van der Waals surface area (Å²) < 4.78 is 6.14. The van der Waals surface area contributed by atoms with E-state index in [4.69, 9.17) is 4.42 Å². The fourth-order valence-corrected chi connectivity index (χ4v) is 3.20. The summed E-state index contributed by atoms with van der Waals surface area (Å²) in [5.74, 6) is -1.71. The van der Waals surface area contributed by atoms with Crippen molar-refractivity contribution < 1.29 is 14.3 Å². The third-order valence-corrected chi connectivity index (χ3v) is 4.60. The van der Waals surface area contributed by atoms with Gasteiger partial charge in [0.2, 0.25) is 5.91 Å². The number of carbonyl (C=O) groups is 1. The van der Waals surface area contributed by atoms with Gasteiger partial charge in [-0.3, -0.25) is 4.79 Å². The van der Waals surface area contributed by atoms with Crippen LogP contribution >= 0.6 is 0 Å². The number of oxazole rings is 1. The third kappa shape index (κ3) is 2.31. The highest BCUT2D eigenvalue weighted by Crippen LogP contribution is 2.35. The molecule has 112 valence electrons. The number of para-hydroxylation sites is 2. The molecule has 3 rings (SSSR count). The van der Waals surface area contributed by atoms with Gasteiger partial charge >= 0.3 is 5.76 Å². The molecule has 21 heavy (non-hydrogen) atoms. The Morgan fingerprint density at radius 1 is 1.29 bits per heavy atom. The van der Waals surface area contributed by atoms with Crippen LogP contribution in [0, 0.1) is 5.92 Å². The van der Waals surface area contributed by atoms with E-state index in [1.165, 1.54) is 0 Å². The Morgan fingerprint density at radius 3 is 2.67 bits per heavy atom. The lowest BCUT2D eigenvalue weighted by Crippen LogP contribution is -2.45. The van der Waals surface area contributed by atoms with Crippen LogP contribution in [-0.4, -0.2) is 21.2 Å². The van der Waals surface area contributed by atoms with Gasteiger partial charge in [0, 0.05) is 0 Å². The molecule has 1 heterocycles. The van der Waals surface area contributed by atoms with Gasteiger partial charge in [-0.15, -0.1) is 0 Å². The summed E-state index contributed by atoms with van der Waals surface area (Å²) in [5, 5.41) is 10.7. The molecule has 1 fully saturated rings. The second-order valence-electron chi connectivity index (χ2n) is 5.90. The summed E-state index contributed by atoms with van der Waals surface area (Å²) >= 11 is 0. The van der Waals surface area contributed by atoms with E-state index in [0.29, 0.717) is 23.9 Å². The van der Waals surface area contributed by atoms with Gasteiger partial charge in [-0.05, 0) is 25.0 Å². The molecule has 1 aliphatic carbocycles. The molecule has 1 aromatic heterocycles. The van der Waals surface area contributed by atoms with Gasteiger partial charge in [0.05, 0.1) is 17.0 Å². The van der Waals surface area contributed by atoms with Crippen LogP contribution in [0.1, 0.15) is 43.8 Å². The number of nitrogens with zero attached hydrogens (tertiary/aromatic N) is 1. The normalized spacial score (nSPS) is 19.5. The Labute approximate surface area is 122 Å². The number of aliphatic hydroxyl groups is 1. The van der Waals surface area contributed by atoms with E-state index in [9.17, 15) is 14.7 Å². The zero-order valence-electron chi connectivity index (χ0n) is 12.0. The molecule has 0 saturated heterocycles. The Morgan fingerprint density at radius 2 is 1.95 bits per heavy atom. The van der Waals surface area contributed by atoms with E-state index in [1.807, 2.05) is 0 Å². The monoisotopic (exact) mass is 289 g/mol. The van der Waals surface area contributed by atoms with Crippen LogP contribution in [-0.2, 0) is 0 Å². The van der Waals surface area contributed by atoms with Gasteiger partial charge in [-0.2, -0.15) is 0 Å². The molecule has 2 aromatic rings. The molecule has 1 atom stereocenters. The first-order valence-corrected chi connectivity index (χ1v) is 7.40. The maximum Gasteiger partial charge on any atom is 0.426 e. The minimum atomic E-state index is -1.02. The summed E-state index contributed by atoms with van der Waals surface area (Å²) in [6.45, 7) is 1.70. The Bertz CT molecular complexity index is 721. The number of hydrogen-bond acceptors (Lipinski definition) is 4. The minimum Gasteiger partial charge on any atom is -0.407 e. The molecule has 0 amide bonds. The highest BCUT2D eigenvalue weighted by Gasteiger charge is 2.40. The summed E-state index contributed by atoms with van der Waals surface area (Å²) in [7, 11) is 0. The van der Waals surface area contributed by atoms with Gasteiger partial charge in [0.25, 0.3) is 0 Å². The van der Waals surface area contributed by atoms with Crippen LogP contribution in [0.3, 0.4) is 0 Å². The van der Waals surface area contributed by atoms with E-state index in [-0.39, 0.29) is 0 Å². The standard InChI is InChI=1S/C16H19NO4/c1-11(16(20)9-5-2-6-10-16)14(18)17-12-7-3-4-8-13(12)21-15(17)19/h3-4,7-8,11,20H,2,5-6,9-10H2,1H3. The number of hydrogen-bond donors (Lipinski definition) is 1. The van der Waals surface area contributed by atoms with E-state index in [1.54, 1.807) is 31.2 Å². The highest BCUT2D eigenvalue weighted by molar-refractivity contribution is 5.90.